The first-order valence-corrected chi connectivity index (χ1v) is 5.10. The molecule has 1 aromatic rings. The Morgan fingerprint density at radius 3 is 3.14 bits per heavy atom. The van der Waals surface area contributed by atoms with Crippen molar-refractivity contribution in [1.82, 2.24) is 0 Å². The summed E-state index contributed by atoms with van der Waals surface area (Å²) in [6.07, 6.45) is 3.12. The highest BCUT2D eigenvalue weighted by Gasteiger charge is 2.40. The second-order valence-electron chi connectivity index (χ2n) is 4.06. The largest absolute Gasteiger partial charge is 0.493 e. The molecule has 2 nitrogen and oxygen atoms in total. The Bertz CT molecular complexity index is 384. The Morgan fingerprint density at radius 1 is 1.43 bits per heavy atom. The van der Waals surface area contributed by atoms with E-state index in [1.165, 1.54) is 11.1 Å². The van der Waals surface area contributed by atoms with Crippen molar-refractivity contribution in [2.45, 2.75) is 18.8 Å². The van der Waals surface area contributed by atoms with E-state index in [4.69, 9.17) is 4.74 Å². The minimum absolute atomic E-state index is 0.266. The summed E-state index contributed by atoms with van der Waals surface area (Å²) in [7, 11) is 0. The van der Waals surface area contributed by atoms with E-state index < -0.39 is 0 Å². The van der Waals surface area contributed by atoms with Crippen LogP contribution in [0, 0.1) is 5.92 Å². The van der Waals surface area contributed by atoms with E-state index >= 15 is 0 Å². The van der Waals surface area contributed by atoms with Crippen LogP contribution in [0.2, 0.25) is 0 Å². The Labute approximate surface area is 82.9 Å². The highest BCUT2D eigenvalue weighted by Crippen LogP contribution is 2.49. The average Bonchev–Trinajstić information content (AvgIpc) is 2.85. The fourth-order valence-electron chi connectivity index (χ4n) is 2.32. The normalized spacial score (nSPS) is 28.0. The average molecular weight is 188 g/mol. The van der Waals surface area contributed by atoms with Gasteiger partial charge in [0.2, 0.25) is 0 Å². The Hall–Kier alpha value is -1.31. The van der Waals surface area contributed by atoms with Crippen LogP contribution in [0.1, 0.15) is 23.5 Å². The van der Waals surface area contributed by atoms with Gasteiger partial charge in [-0.1, -0.05) is 12.1 Å². The van der Waals surface area contributed by atoms with Gasteiger partial charge in [-0.2, -0.15) is 0 Å². The van der Waals surface area contributed by atoms with E-state index in [-0.39, 0.29) is 5.92 Å². The summed E-state index contributed by atoms with van der Waals surface area (Å²) in [6.45, 7) is 0.796. The molecular formula is C12H12O2. The number of carbonyl (C=O) groups is 1. The molecule has 1 saturated carbocycles. The minimum Gasteiger partial charge on any atom is -0.493 e. The molecule has 0 saturated heterocycles. The monoisotopic (exact) mass is 188 g/mol. The van der Waals surface area contributed by atoms with Crippen molar-refractivity contribution in [3.8, 4) is 5.75 Å². The van der Waals surface area contributed by atoms with Gasteiger partial charge >= 0.3 is 0 Å². The predicted molar refractivity (Wildman–Crippen MR) is 52.6 cm³/mol. The van der Waals surface area contributed by atoms with Crippen molar-refractivity contribution in [2.75, 3.05) is 6.61 Å². The summed E-state index contributed by atoms with van der Waals surface area (Å²) in [5.41, 5.74) is 2.68. The van der Waals surface area contributed by atoms with Crippen LogP contribution >= 0.6 is 0 Å². The van der Waals surface area contributed by atoms with Gasteiger partial charge in [-0.25, -0.2) is 0 Å². The van der Waals surface area contributed by atoms with E-state index in [0.29, 0.717) is 5.92 Å². The van der Waals surface area contributed by atoms with Gasteiger partial charge in [-0.15, -0.1) is 0 Å². The van der Waals surface area contributed by atoms with Crippen LogP contribution in [0.3, 0.4) is 0 Å². The molecule has 1 fully saturated rings. The number of benzene rings is 1. The topological polar surface area (TPSA) is 26.3 Å². The quantitative estimate of drug-likeness (QED) is 0.663. The molecule has 2 heteroatoms. The first-order chi connectivity index (χ1) is 6.90. The molecule has 3 rings (SSSR count). The second-order valence-corrected chi connectivity index (χ2v) is 4.06. The van der Waals surface area contributed by atoms with Crippen LogP contribution < -0.4 is 4.74 Å². The standard InChI is InChI=1S/C12H12O2/c13-7-8-6-11(8)9-2-1-3-12-10(9)4-5-14-12/h1-3,7-8,11H,4-6H2. The Balaban J connectivity index is 1.99. The summed E-state index contributed by atoms with van der Waals surface area (Å²) < 4.78 is 5.50. The van der Waals surface area contributed by atoms with Crippen LogP contribution in [-0.4, -0.2) is 12.9 Å². The molecule has 2 unspecified atom stereocenters. The molecule has 1 aromatic carbocycles. The molecule has 1 aliphatic carbocycles. The first-order valence-electron chi connectivity index (χ1n) is 5.10. The maximum atomic E-state index is 10.6. The third kappa shape index (κ3) is 1.07. The van der Waals surface area contributed by atoms with Crippen LogP contribution in [0.25, 0.3) is 0 Å². The molecule has 0 N–H and O–H groups in total. The number of carbonyl (C=O) groups excluding carboxylic acids is 1. The highest BCUT2D eigenvalue weighted by molar-refractivity contribution is 5.62. The molecule has 0 amide bonds. The molecule has 72 valence electrons. The smallest absolute Gasteiger partial charge is 0.123 e. The lowest BCUT2D eigenvalue weighted by Crippen LogP contribution is -1.91. The summed E-state index contributed by atoms with van der Waals surface area (Å²) in [5.74, 6) is 1.77. The van der Waals surface area contributed by atoms with Crippen molar-refractivity contribution < 1.29 is 9.53 Å². The zero-order valence-electron chi connectivity index (χ0n) is 7.90. The van der Waals surface area contributed by atoms with E-state index in [1.807, 2.05) is 12.1 Å². The van der Waals surface area contributed by atoms with Crippen LogP contribution in [-0.2, 0) is 11.2 Å². The number of hydrogen-bond acceptors (Lipinski definition) is 2. The number of ether oxygens (including phenoxy) is 1. The molecule has 14 heavy (non-hydrogen) atoms. The zero-order chi connectivity index (χ0) is 9.54. The molecule has 1 heterocycles. The lowest BCUT2D eigenvalue weighted by Gasteiger charge is -2.04. The van der Waals surface area contributed by atoms with E-state index in [2.05, 4.69) is 6.07 Å². The predicted octanol–water partition coefficient (Wildman–Crippen LogP) is 1.92. The number of hydrogen-bond donors (Lipinski definition) is 0. The SMILES string of the molecule is O=CC1CC1c1cccc2c1CCO2. The van der Waals surface area contributed by atoms with E-state index in [1.54, 1.807) is 0 Å². The summed E-state index contributed by atoms with van der Waals surface area (Å²) >= 11 is 0. The number of aldehydes is 1. The van der Waals surface area contributed by atoms with Crippen LogP contribution in [0.4, 0.5) is 0 Å². The lowest BCUT2D eigenvalue weighted by molar-refractivity contribution is -0.108. The summed E-state index contributed by atoms with van der Waals surface area (Å²) in [4.78, 5) is 10.6. The van der Waals surface area contributed by atoms with Gasteiger partial charge in [0.05, 0.1) is 6.61 Å². The fraction of sp³-hybridized carbons (Fsp3) is 0.417. The van der Waals surface area contributed by atoms with E-state index in [0.717, 1.165) is 31.5 Å². The molecule has 0 bridgehead atoms. The highest BCUT2D eigenvalue weighted by atomic mass is 16.5. The molecule has 0 aromatic heterocycles. The van der Waals surface area contributed by atoms with E-state index in [9.17, 15) is 4.79 Å². The zero-order valence-corrected chi connectivity index (χ0v) is 7.90. The number of fused-ring (bicyclic) bond motifs is 1. The van der Waals surface area contributed by atoms with Gasteiger partial charge in [-0.05, 0) is 24.0 Å². The number of rotatable bonds is 2. The third-order valence-corrected chi connectivity index (χ3v) is 3.19. The molecule has 0 spiro atoms. The van der Waals surface area contributed by atoms with Gasteiger partial charge in [0, 0.05) is 17.9 Å². The lowest BCUT2D eigenvalue weighted by atomic mass is 10.0. The Morgan fingerprint density at radius 2 is 2.36 bits per heavy atom. The van der Waals surface area contributed by atoms with Crippen molar-refractivity contribution >= 4 is 6.29 Å². The van der Waals surface area contributed by atoms with Crippen molar-refractivity contribution in [1.29, 1.82) is 0 Å². The minimum atomic E-state index is 0.266. The van der Waals surface area contributed by atoms with Crippen molar-refractivity contribution in [3.05, 3.63) is 29.3 Å². The fourth-order valence-corrected chi connectivity index (χ4v) is 2.32. The maximum Gasteiger partial charge on any atom is 0.123 e. The molecule has 1 aliphatic heterocycles. The van der Waals surface area contributed by atoms with Gasteiger partial charge < -0.3 is 9.53 Å². The second kappa shape index (κ2) is 2.84. The Kier molecular flexibility index (Phi) is 1.63. The molecular weight excluding hydrogens is 176 g/mol. The first kappa shape index (κ1) is 8.04. The van der Waals surface area contributed by atoms with Gasteiger partial charge in [0.1, 0.15) is 12.0 Å². The molecule has 2 atom stereocenters. The molecule has 2 aliphatic rings. The van der Waals surface area contributed by atoms with Gasteiger partial charge in [0.15, 0.2) is 0 Å². The van der Waals surface area contributed by atoms with Crippen LogP contribution in [0.5, 0.6) is 5.75 Å². The van der Waals surface area contributed by atoms with Crippen molar-refractivity contribution in [3.63, 3.8) is 0 Å². The molecule has 0 radical (unpaired) electrons. The van der Waals surface area contributed by atoms with Crippen LogP contribution in [0.15, 0.2) is 18.2 Å². The maximum absolute atomic E-state index is 10.6. The van der Waals surface area contributed by atoms with Crippen molar-refractivity contribution in [2.24, 2.45) is 5.92 Å². The van der Waals surface area contributed by atoms with Gasteiger partial charge in [0.25, 0.3) is 0 Å². The third-order valence-electron chi connectivity index (χ3n) is 3.19. The summed E-state index contributed by atoms with van der Waals surface area (Å²) in [5, 5.41) is 0. The van der Waals surface area contributed by atoms with Gasteiger partial charge in [-0.3, -0.25) is 0 Å². The summed E-state index contributed by atoms with van der Waals surface area (Å²) in [6, 6.07) is 6.19.